The van der Waals surface area contributed by atoms with Crippen LogP contribution in [0.2, 0.25) is 0 Å². The summed E-state index contributed by atoms with van der Waals surface area (Å²) in [6.07, 6.45) is 4.08. The van der Waals surface area contributed by atoms with Crippen LogP contribution in [0.15, 0.2) is 84.9 Å². The minimum absolute atomic E-state index is 0.0135. The number of hydrogen-bond acceptors (Lipinski definition) is 6. The van der Waals surface area contributed by atoms with Crippen molar-refractivity contribution in [2.45, 2.75) is 26.4 Å². The Morgan fingerprint density at radius 1 is 0.417 bits per heavy atom. The van der Waals surface area contributed by atoms with E-state index in [4.69, 9.17) is 9.47 Å². The van der Waals surface area contributed by atoms with Crippen LogP contribution in [-0.4, -0.2) is 20.4 Å². The molecule has 0 heterocycles. The lowest BCUT2D eigenvalue weighted by atomic mass is 10.1. The minimum Gasteiger partial charge on any atom is -0.508 e. The summed E-state index contributed by atoms with van der Waals surface area (Å²) in [5.41, 5.74) is 5.61. The lowest BCUT2D eigenvalue weighted by Crippen LogP contribution is -1.94. The molecule has 4 N–H and O–H groups in total. The zero-order valence-electron chi connectivity index (χ0n) is 19.7. The Hall–Kier alpha value is -4.26. The van der Waals surface area contributed by atoms with Gasteiger partial charge in [-0.05, 0) is 57.6 Å². The fraction of sp³-hybridized carbons (Fsp3) is 0.133. The highest BCUT2D eigenvalue weighted by Gasteiger charge is 2.02. The van der Waals surface area contributed by atoms with Crippen LogP contribution in [0.1, 0.15) is 33.4 Å². The highest BCUT2D eigenvalue weighted by atomic mass is 16.5. The molecular formula is C30H28O6. The summed E-state index contributed by atoms with van der Waals surface area (Å²) in [6, 6.07) is 25.0. The van der Waals surface area contributed by atoms with Gasteiger partial charge in [-0.1, -0.05) is 60.7 Å². The lowest BCUT2D eigenvalue weighted by molar-refractivity contribution is 0.107. The number of phenols is 4. The molecule has 184 valence electrons. The Kier molecular flexibility index (Phi) is 8.24. The molecule has 0 fully saturated rings. The zero-order valence-corrected chi connectivity index (χ0v) is 19.7. The second-order valence-corrected chi connectivity index (χ2v) is 8.52. The molecule has 4 rings (SSSR count). The molecule has 0 saturated heterocycles. The molecule has 0 aliphatic rings. The highest BCUT2D eigenvalue weighted by molar-refractivity contribution is 5.69. The molecule has 4 aromatic carbocycles. The number of benzene rings is 4. The lowest BCUT2D eigenvalue weighted by Gasteiger charge is -2.07. The molecule has 0 radical (unpaired) electrons. The number of hydrogen-bond donors (Lipinski definition) is 4. The SMILES string of the molecule is Oc1cc(O)cc(COCc2ccc(/C=C/c3ccc(COCc4cc(O)cc(O)c4)cc3)cc2)c1. The van der Waals surface area contributed by atoms with Crippen molar-refractivity contribution < 1.29 is 29.9 Å². The van der Waals surface area contributed by atoms with Gasteiger partial charge in [0.15, 0.2) is 0 Å². The third-order valence-electron chi connectivity index (χ3n) is 5.43. The van der Waals surface area contributed by atoms with Crippen molar-refractivity contribution in [1.82, 2.24) is 0 Å². The van der Waals surface area contributed by atoms with E-state index in [1.165, 1.54) is 12.1 Å². The smallest absolute Gasteiger partial charge is 0.119 e. The second-order valence-electron chi connectivity index (χ2n) is 8.52. The first kappa shape index (κ1) is 24.9. The first-order valence-electron chi connectivity index (χ1n) is 11.5. The van der Waals surface area contributed by atoms with Crippen molar-refractivity contribution in [2.75, 3.05) is 0 Å². The van der Waals surface area contributed by atoms with Crippen LogP contribution in [0.3, 0.4) is 0 Å². The van der Waals surface area contributed by atoms with Gasteiger partial charge < -0.3 is 29.9 Å². The third-order valence-corrected chi connectivity index (χ3v) is 5.43. The van der Waals surface area contributed by atoms with E-state index in [1.54, 1.807) is 24.3 Å². The van der Waals surface area contributed by atoms with Crippen LogP contribution >= 0.6 is 0 Å². The van der Waals surface area contributed by atoms with E-state index in [2.05, 4.69) is 0 Å². The molecule has 0 unspecified atom stereocenters. The van der Waals surface area contributed by atoms with Gasteiger partial charge in [-0.2, -0.15) is 0 Å². The largest absolute Gasteiger partial charge is 0.508 e. The van der Waals surface area contributed by atoms with E-state index in [0.717, 1.165) is 22.3 Å². The first-order chi connectivity index (χ1) is 17.4. The van der Waals surface area contributed by atoms with Crippen LogP contribution in [0.4, 0.5) is 0 Å². The quantitative estimate of drug-likeness (QED) is 0.203. The minimum atomic E-state index is 0.0135. The Balaban J connectivity index is 1.22. The summed E-state index contributed by atoms with van der Waals surface area (Å²) >= 11 is 0. The Bertz CT molecular complexity index is 1170. The van der Waals surface area contributed by atoms with Gasteiger partial charge in [-0.3, -0.25) is 0 Å². The number of aromatic hydroxyl groups is 4. The molecule has 6 nitrogen and oxygen atoms in total. The molecule has 0 spiro atoms. The molecule has 36 heavy (non-hydrogen) atoms. The fourth-order valence-electron chi connectivity index (χ4n) is 3.70. The maximum absolute atomic E-state index is 9.53. The Labute approximate surface area is 210 Å². The average Bonchev–Trinajstić information content (AvgIpc) is 2.83. The summed E-state index contributed by atoms with van der Waals surface area (Å²) in [5.74, 6) is 0.0539. The van der Waals surface area contributed by atoms with Crippen molar-refractivity contribution in [3.05, 3.63) is 118 Å². The van der Waals surface area contributed by atoms with E-state index >= 15 is 0 Å². The normalized spacial score (nSPS) is 11.2. The summed E-state index contributed by atoms with van der Waals surface area (Å²) < 4.78 is 11.4. The van der Waals surface area contributed by atoms with E-state index < -0.39 is 0 Å². The molecule has 0 atom stereocenters. The molecular weight excluding hydrogens is 456 g/mol. The van der Waals surface area contributed by atoms with Gasteiger partial charge >= 0.3 is 0 Å². The van der Waals surface area contributed by atoms with Crippen LogP contribution in [0.25, 0.3) is 12.2 Å². The number of ether oxygens (including phenoxy) is 2. The predicted octanol–water partition coefficient (Wildman–Crippen LogP) is 6.11. The maximum Gasteiger partial charge on any atom is 0.119 e. The highest BCUT2D eigenvalue weighted by Crippen LogP contribution is 2.22. The molecule has 0 aliphatic heterocycles. The van der Waals surface area contributed by atoms with E-state index in [0.29, 0.717) is 37.6 Å². The van der Waals surface area contributed by atoms with Gasteiger partial charge in [-0.15, -0.1) is 0 Å². The van der Waals surface area contributed by atoms with Crippen molar-refractivity contribution in [1.29, 1.82) is 0 Å². The van der Waals surface area contributed by atoms with Crippen molar-refractivity contribution >= 4 is 12.2 Å². The van der Waals surface area contributed by atoms with Gasteiger partial charge in [0.2, 0.25) is 0 Å². The van der Waals surface area contributed by atoms with E-state index in [-0.39, 0.29) is 23.0 Å². The maximum atomic E-state index is 9.53. The summed E-state index contributed by atoms with van der Waals surface area (Å²) in [5, 5.41) is 38.1. The average molecular weight is 485 g/mol. The van der Waals surface area contributed by atoms with Crippen molar-refractivity contribution in [3.8, 4) is 23.0 Å². The monoisotopic (exact) mass is 484 g/mol. The van der Waals surface area contributed by atoms with Gasteiger partial charge in [0.05, 0.1) is 26.4 Å². The number of phenolic OH excluding ortho intramolecular Hbond substituents is 4. The molecule has 0 aliphatic carbocycles. The molecule has 0 bridgehead atoms. The van der Waals surface area contributed by atoms with Crippen molar-refractivity contribution in [3.63, 3.8) is 0 Å². The Morgan fingerprint density at radius 3 is 1.06 bits per heavy atom. The zero-order chi connectivity index (χ0) is 25.3. The van der Waals surface area contributed by atoms with Gasteiger partial charge in [0.1, 0.15) is 23.0 Å². The molecule has 6 heteroatoms. The molecule has 4 aromatic rings. The van der Waals surface area contributed by atoms with Crippen LogP contribution in [0.5, 0.6) is 23.0 Å². The van der Waals surface area contributed by atoms with Crippen LogP contribution in [-0.2, 0) is 35.9 Å². The summed E-state index contributed by atoms with van der Waals surface area (Å²) in [6.45, 7) is 1.45. The molecule has 0 amide bonds. The van der Waals surface area contributed by atoms with Gasteiger partial charge in [-0.25, -0.2) is 0 Å². The van der Waals surface area contributed by atoms with Gasteiger partial charge in [0, 0.05) is 12.1 Å². The summed E-state index contributed by atoms with van der Waals surface area (Å²) in [7, 11) is 0. The van der Waals surface area contributed by atoms with E-state index in [9.17, 15) is 20.4 Å². The topological polar surface area (TPSA) is 99.4 Å². The molecule has 0 saturated carbocycles. The summed E-state index contributed by atoms with van der Waals surface area (Å²) in [4.78, 5) is 0. The van der Waals surface area contributed by atoms with Crippen molar-refractivity contribution in [2.24, 2.45) is 0 Å². The molecule has 0 aromatic heterocycles. The first-order valence-corrected chi connectivity index (χ1v) is 11.5. The van der Waals surface area contributed by atoms with Crippen LogP contribution < -0.4 is 0 Å². The van der Waals surface area contributed by atoms with E-state index in [1.807, 2.05) is 60.7 Å². The Morgan fingerprint density at radius 2 is 0.722 bits per heavy atom. The number of rotatable bonds is 10. The van der Waals surface area contributed by atoms with Gasteiger partial charge in [0.25, 0.3) is 0 Å². The standard InChI is InChI=1S/C30H28O6/c31-27-11-25(12-28(32)15-27)19-35-17-23-7-3-21(4-8-23)1-2-22-5-9-24(10-6-22)18-36-20-26-13-29(33)16-30(34)14-26/h1-16,31-34H,17-20H2/b2-1+. The predicted molar refractivity (Wildman–Crippen MR) is 138 cm³/mol. The third kappa shape index (κ3) is 7.63. The second kappa shape index (κ2) is 11.9. The van der Waals surface area contributed by atoms with Crippen LogP contribution in [0, 0.1) is 0 Å². The fourth-order valence-corrected chi connectivity index (χ4v) is 3.70.